The lowest BCUT2D eigenvalue weighted by Gasteiger charge is -2.25. The van der Waals surface area contributed by atoms with Gasteiger partial charge in [-0.3, -0.25) is 9.36 Å². The van der Waals surface area contributed by atoms with Gasteiger partial charge in [-0.15, -0.1) is 6.58 Å². The first-order valence-electron chi connectivity index (χ1n) is 12.3. The van der Waals surface area contributed by atoms with Crippen LogP contribution in [0.1, 0.15) is 43.5 Å². The van der Waals surface area contributed by atoms with Crippen molar-refractivity contribution >= 4 is 23.4 Å². The zero-order chi connectivity index (χ0) is 27.4. The number of allylic oxidation sites excluding steroid dienone is 2. The fourth-order valence-electron chi connectivity index (χ4n) is 4.42. The Hall–Kier alpha value is -4.11. The van der Waals surface area contributed by atoms with Gasteiger partial charge in [-0.05, 0) is 68.7 Å². The molecule has 198 valence electrons. The number of ether oxygens (including phenoxy) is 3. The number of aromatic nitrogens is 1. The van der Waals surface area contributed by atoms with E-state index in [2.05, 4.69) is 11.6 Å². The number of carbonyl (C=O) groups excluding carboxylic acids is 1. The maximum atomic E-state index is 13.9. The zero-order valence-electron chi connectivity index (χ0n) is 21.8. The minimum Gasteiger partial charge on any atom is -0.504 e. The number of hydrogen-bond donors (Lipinski definition) is 1. The molecule has 2 aromatic carbocycles. The fraction of sp³-hybridized carbons (Fsp3) is 0.276. The normalized spacial score (nSPS) is 15.1. The number of esters is 1. The van der Waals surface area contributed by atoms with Crippen LogP contribution in [-0.4, -0.2) is 36.0 Å². The molecular weight excluding hydrogens is 504 g/mol. The minimum atomic E-state index is -0.738. The van der Waals surface area contributed by atoms with E-state index >= 15 is 0 Å². The summed E-state index contributed by atoms with van der Waals surface area (Å²) in [6, 6.07) is 10.0. The van der Waals surface area contributed by atoms with E-state index in [1.54, 1.807) is 57.4 Å². The van der Waals surface area contributed by atoms with Crippen LogP contribution in [0.2, 0.25) is 0 Å². The monoisotopic (exact) mass is 534 g/mol. The van der Waals surface area contributed by atoms with E-state index in [4.69, 9.17) is 14.2 Å². The van der Waals surface area contributed by atoms with Crippen LogP contribution in [0.3, 0.4) is 0 Å². The van der Waals surface area contributed by atoms with E-state index < -0.39 is 12.0 Å². The SMILES string of the molecule is C=CCc1cc(/C=c2\sc3n(c2=O)C(c2cccc(OC)c2)C(C(=O)OCC)=C(C)N=3)cc(OCC)c1O. The second-order valence-corrected chi connectivity index (χ2v) is 9.54. The van der Waals surface area contributed by atoms with Crippen LogP contribution < -0.4 is 24.4 Å². The molecule has 0 fully saturated rings. The summed E-state index contributed by atoms with van der Waals surface area (Å²) >= 11 is 1.23. The molecular formula is C29H30N2O6S. The van der Waals surface area contributed by atoms with Gasteiger partial charge in [0.1, 0.15) is 5.75 Å². The molecule has 0 bridgehead atoms. The van der Waals surface area contributed by atoms with E-state index in [9.17, 15) is 14.7 Å². The van der Waals surface area contributed by atoms with Gasteiger partial charge in [0.05, 0.1) is 42.2 Å². The Kier molecular flexibility index (Phi) is 8.16. The second-order valence-electron chi connectivity index (χ2n) is 8.53. The molecule has 0 amide bonds. The Bertz CT molecular complexity index is 1600. The molecule has 4 rings (SSSR count). The van der Waals surface area contributed by atoms with Crippen molar-refractivity contribution in [3.05, 3.63) is 96.7 Å². The number of phenolic OH excluding ortho intramolecular Hbond substituents is 1. The number of methoxy groups -OCH3 is 1. The lowest BCUT2D eigenvalue weighted by Crippen LogP contribution is -2.39. The molecule has 1 atom stereocenters. The van der Waals surface area contributed by atoms with E-state index in [0.29, 0.717) is 61.8 Å². The lowest BCUT2D eigenvalue weighted by atomic mass is 9.95. The van der Waals surface area contributed by atoms with Crippen LogP contribution in [0.5, 0.6) is 17.2 Å². The van der Waals surface area contributed by atoms with Crippen molar-refractivity contribution in [2.24, 2.45) is 4.99 Å². The van der Waals surface area contributed by atoms with Gasteiger partial charge in [-0.2, -0.15) is 0 Å². The summed E-state index contributed by atoms with van der Waals surface area (Å²) in [5.74, 6) is 0.466. The van der Waals surface area contributed by atoms with Crippen LogP contribution in [0.25, 0.3) is 6.08 Å². The molecule has 1 N–H and O–H groups in total. The average Bonchev–Trinajstić information content (AvgIpc) is 3.20. The highest BCUT2D eigenvalue weighted by Crippen LogP contribution is 2.34. The van der Waals surface area contributed by atoms with Crippen molar-refractivity contribution in [1.29, 1.82) is 0 Å². The third kappa shape index (κ3) is 5.15. The van der Waals surface area contributed by atoms with Crippen molar-refractivity contribution in [3.8, 4) is 17.2 Å². The summed E-state index contributed by atoms with van der Waals surface area (Å²) < 4.78 is 18.3. The van der Waals surface area contributed by atoms with Crippen molar-refractivity contribution in [2.45, 2.75) is 33.2 Å². The third-order valence-electron chi connectivity index (χ3n) is 6.06. The predicted octanol–water partition coefficient (Wildman–Crippen LogP) is 3.64. The number of fused-ring (bicyclic) bond motifs is 1. The van der Waals surface area contributed by atoms with Crippen molar-refractivity contribution in [3.63, 3.8) is 0 Å². The molecule has 38 heavy (non-hydrogen) atoms. The van der Waals surface area contributed by atoms with Crippen LogP contribution in [-0.2, 0) is 16.0 Å². The standard InChI is InChI=1S/C29H30N2O6S/c1-6-10-20-13-18(14-22(26(20)32)36-7-2)15-23-27(33)31-25(19-11-9-12-21(16-19)35-5)24(28(34)37-8-3)17(4)30-29(31)38-23/h6,9,11-16,25,32H,1,7-8,10H2,2-5H3/b23-15-. The van der Waals surface area contributed by atoms with E-state index in [-0.39, 0.29) is 17.9 Å². The zero-order valence-corrected chi connectivity index (χ0v) is 22.6. The summed E-state index contributed by atoms with van der Waals surface area (Å²) in [4.78, 5) is 32.0. The number of rotatable bonds is 9. The number of aromatic hydroxyl groups is 1. The topological polar surface area (TPSA) is 99.4 Å². The minimum absolute atomic E-state index is 0.0538. The number of phenols is 1. The molecule has 1 aliphatic rings. The Balaban J connectivity index is 1.95. The molecule has 1 aromatic heterocycles. The lowest BCUT2D eigenvalue weighted by molar-refractivity contribution is -0.139. The van der Waals surface area contributed by atoms with Crippen molar-refractivity contribution < 1.29 is 24.1 Å². The maximum Gasteiger partial charge on any atom is 0.338 e. The number of thiazole rings is 1. The molecule has 9 heteroatoms. The Morgan fingerprint density at radius 1 is 1.24 bits per heavy atom. The summed E-state index contributed by atoms with van der Waals surface area (Å²) in [5, 5.41) is 10.6. The largest absolute Gasteiger partial charge is 0.504 e. The molecule has 1 aliphatic heterocycles. The first kappa shape index (κ1) is 26.9. The summed E-state index contributed by atoms with van der Waals surface area (Å²) in [6.07, 6.45) is 3.87. The number of hydrogen-bond acceptors (Lipinski definition) is 8. The molecule has 0 saturated carbocycles. The van der Waals surface area contributed by atoms with Gasteiger partial charge in [0, 0.05) is 5.56 Å². The number of nitrogens with zero attached hydrogens (tertiary/aromatic N) is 2. The molecule has 3 aromatic rings. The van der Waals surface area contributed by atoms with Crippen LogP contribution in [0.15, 0.2) is 70.1 Å². The first-order chi connectivity index (χ1) is 18.3. The van der Waals surface area contributed by atoms with Crippen LogP contribution in [0, 0.1) is 0 Å². The van der Waals surface area contributed by atoms with Gasteiger partial charge < -0.3 is 19.3 Å². The van der Waals surface area contributed by atoms with Crippen molar-refractivity contribution in [2.75, 3.05) is 20.3 Å². The van der Waals surface area contributed by atoms with Gasteiger partial charge >= 0.3 is 5.97 Å². The Morgan fingerprint density at radius 3 is 2.71 bits per heavy atom. The van der Waals surface area contributed by atoms with E-state index in [1.807, 2.05) is 19.1 Å². The smallest absolute Gasteiger partial charge is 0.338 e. The van der Waals surface area contributed by atoms with Gasteiger partial charge in [-0.1, -0.05) is 29.5 Å². The van der Waals surface area contributed by atoms with Gasteiger partial charge in [-0.25, -0.2) is 9.79 Å². The highest BCUT2D eigenvalue weighted by atomic mass is 32.1. The van der Waals surface area contributed by atoms with E-state index in [1.165, 1.54) is 15.9 Å². The first-order valence-corrected chi connectivity index (χ1v) is 13.1. The number of carbonyl (C=O) groups is 1. The Morgan fingerprint density at radius 2 is 2.03 bits per heavy atom. The van der Waals surface area contributed by atoms with Gasteiger partial charge in [0.2, 0.25) is 0 Å². The highest BCUT2D eigenvalue weighted by molar-refractivity contribution is 7.07. The average molecular weight is 535 g/mol. The van der Waals surface area contributed by atoms with Gasteiger partial charge in [0.25, 0.3) is 5.56 Å². The molecule has 0 radical (unpaired) electrons. The third-order valence-corrected chi connectivity index (χ3v) is 7.05. The number of benzene rings is 2. The fourth-order valence-corrected chi connectivity index (χ4v) is 5.47. The molecule has 8 nitrogen and oxygen atoms in total. The molecule has 1 unspecified atom stereocenters. The maximum absolute atomic E-state index is 13.9. The molecule has 2 heterocycles. The molecule has 0 spiro atoms. The Labute approximate surface area is 224 Å². The highest BCUT2D eigenvalue weighted by Gasteiger charge is 2.33. The van der Waals surface area contributed by atoms with Crippen LogP contribution >= 0.6 is 11.3 Å². The van der Waals surface area contributed by atoms with Crippen LogP contribution in [0.4, 0.5) is 0 Å². The molecule has 0 saturated heterocycles. The predicted molar refractivity (Wildman–Crippen MR) is 147 cm³/mol. The summed E-state index contributed by atoms with van der Waals surface area (Å²) in [6.45, 7) is 9.64. The quantitative estimate of drug-likeness (QED) is 0.333. The van der Waals surface area contributed by atoms with Gasteiger partial charge in [0.15, 0.2) is 16.3 Å². The van der Waals surface area contributed by atoms with E-state index in [0.717, 1.165) is 0 Å². The van der Waals surface area contributed by atoms with Crippen molar-refractivity contribution in [1.82, 2.24) is 4.57 Å². The second kappa shape index (κ2) is 11.5. The summed E-state index contributed by atoms with van der Waals surface area (Å²) in [7, 11) is 1.56. The summed E-state index contributed by atoms with van der Waals surface area (Å²) in [5.41, 5.74) is 2.52. The molecule has 0 aliphatic carbocycles.